The van der Waals surface area contributed by atoms with E-state index >= 15 is 0 Å². The number of aromatic hydroxyl groups is 1. The first-order valence-corrected chi connectivity index (χ1v) is 6.54. The van der Waals surface area contributed by atoms with Crippen LogP contribution in [-0.2, 0) is 0 Å². The Labute approximate surface area is 124 Å². The van der Waals surface area contributed by atoms with E-state index in [-0.39, 0.29) is 26.8 Å². The Bertz CT molecular complexity index is 854. The monoisotopic (exact) mass is 306 g/mol. The van der Waals surface area contributed by atoms with Gasteiger partial charge >= 0.3 is 0 Å². The lowest BCUT2D eigenvalue weighted by atomic mass is 10.1. The maximum absolute atomic E-state index is 12.2. The second kappa shape index (κ2) is 4.85. The van der Waals surface area contributed by atoms with Crippen LogP contribution in [0.25, 0.3) is 22.3 Å². The highest BCUT2D eigenvalue weighted by atomic mass is 35.5. The van der Waals surface area contributed by atoms with Crippen LogP contribution in [0.4, 0.5) is 0 Å². The molecule has 0 spiro atoms. The Hall–Kier alpha value is -1.97. The number of rotatable bonds is 1. The third-order valence-electron chi connectivity index (χ3n) is 2.94. The first-order chi connectivity index (χ1) is 9.58. The van der Waals surface area contributed by atoms with Crippen LogP contribution >= 0.6 is 23.2 Å². The maximum atomic E-state index is 12.2. The highest BCUT2D eigenvalue weighted by Crippen LogP contribution is 2.36. The molecule has 3 rings (SSSR count). The number of phenols is 1. The van der Waals surface area contributed by atoms with Crippen molar-refractivity contribution in [3.63, 3.8) is 0 Å². The lowest BCUT2D eigenvalue weighted by Crippen LogP contribution is -2.01. The largest absolute Gasteiger partial charge is 0.505 e. The Morgan fingerprint density at radius 3 is 2.40 bits per heavy atom. The first kappa shape index (κ1) is 13.0. The van der Waals surface area contributed by atoms with Crippen LogP contribution in [-0.4, -0.2) is 5.11 Å². The van der Waals surface area contributed by atoms with E-state index < -0.39 is 5.43 Å². The molecule has 2 aromatic carbocycles. The summed E-state index contributed by atoms with van der Waals surface area (Å²) in [5.41, 5.74) is 0.476. The zero-order chi connectivity index (χ0) is 14.3. The van der Waals surface area contributed by atoms with Crippen molar-refractivity contribution in [2.75, 3.05) is 0 Å². The van der Waals surface area contributed by atoms with Gasteiger partial charge in [0.05, 0.1) is 10.0 Å². The Morgan fingerprint density at radius 2 is 1.70 bits per heavy atom. The molecule has 0 amide bonds. The van der Waals surface area contributed by atoms with Crippen molar-refractivity contribution in [3.05, 3.63) is 62.7 Å². The summed E-state index contributed by atoms with van der Waals surface area (Å²) in [7, 11) is 0. The normalized spacial score (nSPS) is 10.9. The van der Waals surface area contributed by atoms with Crippen molar-refractivity contribution in [3.8, 4) is 17.1 Å². The highest BCUT2D eigenvalue weighted by Gasteiger charge is 2.16. The summed E-state index contributed by atoms with van der Waals surface area (Å²) in [4.78, 5) is 12.2. The zero-order valence-corrected chi connectivity index (χ0v) is 11.6. The quantitative estimate of drug-likeness (QED) is 0.721. The molecule has 0 aliphatic rings. The Balaban J connectivity index is 2.39. The number of halogens is 2. The second-order valence-corrected chi connectivity index (χ2v) is 5.05. The fourth-order valence-electron chi connectivity index (χ4n) is 2.00. The van der Waals surface area contributed by atoms with Gasteiger partial charge < -0.3 is 9.52 Å². The third-order valence-corrected chi connectivity index (χ3v) is 3.51. The van der Waals surface area contributed by atoms with Gasteiger partial charge in [-0.05, 0) is 6.07 Å². The van der Waals surface area contributed by atoms with Crippen LogP contribution in [0, 0.1) is 0 Å². The molecule has 5 heteroatoms. The minimum atomic E-state index is -0.396. The predicted octanol–water partition coefficient (Wildman–Crippen LogP) is 4.47. The van der Waals surface area contributed by atoms with Gasteiger partial charge in [-0.3, -0.25) is 4.79 Å². The first-order valence-electron chi connectivity index (χ1n) is 5.78. The summed E-state index contributed by atoms with van der Waals surface area (Å²) >= 11 is 11.8. The van der Waals surface area contributed by atoms with E-state index in [4.69, 9.17) is 27.6 Å². The molecule has 3 nitrogen and oxygen atoms in total. The number of benzene rings is 2. The van der Waals surface area contributed by atoms with Gasteiger partial charge in [-0.25, -0.2) is 0 Å². The minimum Gasteiger partial charge on any atom is -0.505 e. The molecule has 0 fully saturated rings. The molecule has 1 aromatic heterocycles. The van der Waals surface area contributed by atoms with Crippen LogP contribution < -0.4 is 5.43 Å². The van der Waals surface area contributed by atoms with E-state index in [0.717, 1.165) is 5.56 Å². The topological polar surface area (TPSA) is 50.4 Å². The summed E-state index contributed by atoms with van der Waals surface area (Å²) in [6, 6.07) is 11.8. The van der Waals surface area contributed by atoms with E-state index in [1.54, 1.807) is 0 Å². The van der Waals surface area contributed by atoms with Crippen LogP contribution in [0.1, 0.15) is 0 Å². The molecule has 100 valence electrons. The summed E-state index contributed by atoms with van der Waals surface area (Å²) in [5.74, 6) is 0.0613. The van der Waals surface area contributed by atoms with Crippen molar-refractivity contribution in [1.29, 1.82) is 0 Å². The van der Waals surface area contributed by atoms with Gasteiger partial charge in [-0.15, -0.1) is 0 Å². The minimum absolute atomic E-state index is 0.0119. The molecule has 3 aromatic rings. The van der Waals surface area contributed by atoms with Gasteiger partial charge in [0, 0.05) is 11.6 Å². The van der Waals surface area contributed by atoms with Crippen molar-refractivity contribution < 1.29 is 9.52 Å². The van der Waals surface area contributed by atoms with Crippen molar-refractivity contribution in [2.45, 2.75) is 0 Å². The van der Waals surface area contributed by atoms with E-state index in [1.165, 1.54) is 12.1 Å². The lowest BCUT2D eigenvalue weighted by molar-refractivity contribution is 0.480. The average Bonchev–Trinajstić information content (AvgIpc) is 2.45. The molecule has 1 N–H and O–H groups in total. The molecule has 0 bridgehead atoms. The van der Waals surface area contributed by atoms with E-state index in [1.807, 2.05) is 30.3 Å². The number of phenolic OH excluding ortho intramolecular Hbond substituents is 1. The van der Waals surface area contributed by atoms with Gasteiger partial charge in [0.2, 0.25) is 0 Å². The third kappa shape index (κ3) is 2.05. The zero-order valence-electron chi connectivity index (χ0n) is 10.1. The highest BCUT2D eigenvalue weighted by molar-refractivity contribution is 6.39. The Kier molecular flexibility index (Phi) is 3.16. The van der Waals surface area contributed by atoms with Gasteiger partial charge in [0.1, 0.15) is 16.9 Å². The van der Waals surface area contributed by atoms with Crippen molar-refractivity contribution in [1.82, 2.24) is 0 Å². The maximum Gasteiger partial charge on any atom is 0.197 e. The molecule has 0 unspecified atom stereocenters. The predicted molar refractivity (Wildman–Crippen MR) is 79.6 cm³/mol. The molecule has 0 saturated carbocycles. The van der Waals surface area contributed by atoms with Gasteiger partial charge in [-0.1, -0.05) is 53.5 Å². The number of hydrogen-bond donors (Lipinski definition) is 1. The lowest BCUT2D eigenvalue weighted by Gasteiger charge is -2.07. The molecule has 20 heavy (non-hydrogen) atoms. The molecule has 1 heterocycles. The summed E-state index contributed by atoms with van der Waals surface area (Å²) in [6.45, 7) is 0. The fourth-order valence-corrected chi connectivity index (χ4v) is 2.50. The van der Waals surface area contributed by atoms with Gasteiger partial charge in [0.15, 0.2) is 11.0 Å². The van der Waals surface area contributed by atoms with Crippen LogP contribution in [0.15, 0.2) is 51.7 Å². The van der Waals surface area contributed by atoms with Crippen molar-refractivity contribution in [2.24, 2.45) is 0 Å². The molecule has 0 saturated heterocycles. The summed E-state index contributed by atoms with van der Waals surface area (Å²) in [5, 5.41) is 10.1. The average molecular weight is 307 g/mol. The molecule has 0 aliphatic carbocycles. The second-order valence-electron chi connectivity index (χ2n) is 4.23. The van der Waals surface area contributed by atoms with E-state index in [9.17, 15) is 9.90 Å². The van der Waals surface area contributed by atoms with Crippen molar-refractivity contribution >= 4 is 34.2 Å². The van der Waals surface area contributed by atoms with E-state index in [0.29, 0.717) is 5.76 Å². The number of fused-ring (bicyclic) bond motifs is 1. The molecule has 0 aliphatic heterocycles. The molecule has 0 atom stereocenters. The molecular formula is C15H8Cl2O3. The molecular weight excluding hydrogens is 299 g/mol. The molecule has 0 radical (unpaired) electrons. The Morgan fingerprint density at radius 1 is 1.00 bits per heavy atom. The van der Waals surface area contributed by atoms with E-state index in [2.05, 4.69) is 0 Å². The summed E-state index contributed by atoms with van der Waals surface area (Å²) in [6.07, 6.45) is 0. The van der Waals surface area contributed by atoms with Crippen LogP contribution in [0.2, 0.25) is 10.0 Å². The van der Waals surface area contributed by atoms with Crippen LogP contribution in [0.5, 0.6) is 5.75 Å². The smallest absolute Gasteiger partial charge is 0.197 e. The fraction of sp³-hybridized carbons (Fsp3) is 0. The number of hydrogen-bond acceptors (Lipinski definition) is 3. The standard InChI is InChI=1S/C15H8Cl2O3/c16-9-6-10(17)15-13(14(9)19)11(18)7-12(20-15)8-4-2-1-3-5-8/h1-7,19H. The van der Waals surface area contributed by atoms with Crippen LogP contribution in [0.3, 0.4) is 0 Å². The SMILES string of the molecule is O=c1cc(-c2ccccc2)oc2c(Cl)cc(Cl)c(O)c12. The summed E-state index contributed by atoms with van der Waals surface area (Å²) < 4.78 is 5.64. The van der Waals surface area contributed by atoms with Gasteiger partial charge in [-0.2, -0.15) is 0 Å². The van der Waals surface area contributed by atoms with Gasteiger partial charge in [0.25, 0.3) is 0 Å².